The third-order valence-electron chi connectivity index (χ3n) is 3.98. The fourth-order valence-corrected chi connectivity index (χ4v) is 2.86. The number of hydrogen-bond acceptors (Lipinski definition) is 4. The quantitative estimate of drug-likeness (QED) is 0.921. The Balaban J connectivity index is 1.48. The first-order valence-corrected chi connectivity index (χ1v) is 7.40. The van der Waals surface area contributed by atoms with Crippen molar-refractivity contribution in [3.05, 3.63) is 18.2 Å². The van der Waals surface area contributed by atoms with Gasteiger partial charge in [0, 0.05) is 19.0 Å². The monoisotopic (exact) mass is 294 g/mol. The molecule has 1 unspecified atom stereocenters. The molecule has 21 heavy (non-hydrogen) atoms. The summed E-state index contributed by atoms with van der Waals surface area (Å²) in [6.45, 7) is 1.17. The lowest BCUT2D eigenvalue weighted by Gasteiger charge is -2.20. The van der Waals surface area contributed by atoms with Gasteiger partial charge in [0.1, 0.15) is 6.10 Å². The Morgan fingerprint density at radius 1 is 1.29 bits per heavy atom. The molecule has 1 aliphatic carbocycles. The van der Waals surface area contributed by atoms with Crippen LogP contribution in [0.2, 0.25) is 0 Å². The molecular weight excluding hydrogens is 275 g/mol. The molecule has 3 rings (SSSR count). The molecule has 1 atom stereocenters. The van der Waals surface area contributed by atoms with Gasteiger partial charge in [-0.1, -0.05) is 12.8 Å². The van der Waals surface area contributed by atoms with Crippen LogP contribution in [0.5, 0.6) is 6.01 Å². The number of aromatic nitrogens is 2. The molecular formula is C14H19FN4O2. The van der Waals surface area contributed by atoms with Crippen LogP contribution in [0.4, 0.5) is 9.18 Å². The van der Waals surface area contributed by atoms with E-state index in [1.807, 2.05) is 0 Å². The lowest BCUT2D eigenvalue weighted by molar-refractivity contribution is 0.176. The number of rotatable bonds is 3. The lowest BCUT2D eigenvalue weighted by atomic mass is 10.2. The Morgan fingerprint density at radius 2 is 2.00 bits per heavy atom. The fourth-order valence-electron chi connectivity index (χ4n) is 2.86. The van der Waals surface area contributed by atoms with Gasteiger partial charge in [-0.25, -0.2) is 19.2 Å². The third-order valence-corrected chi connectivity index (χ3v) is 3.98. The molecule has 0 radical (unpaired) electrons. The van der Waals surface area contributed by atoms with Crippen molar-refractivity contribution in [1.29, 1.82) is 0 Å². The molecule has 2 aliphatic rings. The summed E-state index contributed by atoms with van der Waals surface area (Å²) in [5.74, 6) is -0.494. The molecule has 1 aromatic rings. The zero-order chi connectivity index (χ0) is 14.7. The van der Waals surface area contributed by atoms with Crippen LogP contribution in [0, 0.1) is 5.82 Å². The molecule has 1 N–H and O–H groups in total. The zero-order valence-corrected chi connectivity index (χ0v) is 11.8. The van der Waals surface area contributed by atoms with Gasteiger partial charge in [0.25, 0.3) is 0 Å². The predicted octanol–water partition coefficient (Wildman–Crippen LogP) is 1.72. The minimum Gasteiger partial charge on any atom is -0.458 e. The summed E-state index contributed by atoms with van der Waals surface area (Å²) in [6, 6.07) is 0.449. The molecule has 1 aliphatic heterocycles. The SMILES string of the molecule is O=C(NC1CCCC1)N1CCC(Oc2ncc(F)cn2)C1. The highest BCUT2D eigenvalue weighted by molar-refractivity contribution is 5.74. The normalized spacial score (nSPS) is 22.5. The van der Waals surface area contributed by atoms with Crippen molar-refractivity contribution in [2.75, 3.05) is 13.1 Å². The molecule has 0 bridgehead atoms. The molecule has 7 heteroatoms. The number of nitrogens with zero attached hydrogens (tertiary/aromatic N) is 3. The molecule has 1 saturated carbocycles. The summed E-state index contributed by atoms with van der Waals surface area (Å²) in [7, 11) is 0. The van der Waals surface area contributed by atoms with Gasteiger partial charge in [0.05, 0.1) is 18.9 Å². The Kier molecular flexibility index (Phi) is 4.17. The minimum absolute atomic E-state index is 0.0203. The van der Waals surface area contributed by atoms with E-state index in [1.165, 1.54) is 12.8 Å². The summed E-state index contributed by atoms with van der Waals surface area (Å²) < 4.78 is 18.3. The maximum absolute atomic E-state index is 12.7. The van der Waals surface area contributed by atoms with Crippen LogP contribution in [0.1, 0.15) is 32.1 Å². The third kappa shape index (κ3) is 3.59. The molecule has 2 amide bonds. The van der Waals surface area contributed by atoms with Gasteiger partial charge in [0.15, 0.2) is 5.82 Å². The van der Waals surface area contributed by atoms with Crippen molar-refractivity contribution in [1.82, 2.24) is 20.2 Å². The second-order valence-electron chi connectivity index (χ2n) is 5.59. The fraction of sp³-hybridized carbons (Fsp3) is 0.643. The smallest absolute Gasteiger partial charge is 0.317 e. The Bertz CT molecular complexity index is 490. The van der Waals surface area contributed by atoms with Gasteiger partial charge in [-0.05, 0) is 12.8 Å². The Morgan fingerprint density at radius 3 is 2.71 bits per heavy atom. The average molecular weight is 294 g/mol. The van der Waals surface area contributed by atoms with Crippen molar-refractivity contribution < 1.29 is 13.9 Å². The maximum Gasteiger partial charge on any atom is 0.317 e. The van der Waals surface area contributed by atoms with E-state index in [1.54, 1.807) is 4.90 Å². The van der Waals surface area contributed by atoms with Gasteiger partial charge in [-0.15, -0.1) is 0 Å². The van der Waals surface area contributed by atoms with E-state index in [-0.39, 0.29) is 18.1 Å². The molecule has 0 spiro atoms. The number of likely N-dealkylation sites (tertiary alicyclic amines) is 1. The highest BCUT2D eigenvalue weighted by Crippen LogP contribution is 2.19. The van der Waals surface area contributed by atoms with Crippen LogP contribution in [-0.4, -0.2) is 46.1 Å². The highest BCUT2D eigenvalue weighted by Gasteiger charge is 2.29. The topological polar surface area (TPSA) is 67.4 Å². The summed E-state index contributed by atoms with van der Waals surface area (Å²) in [4.78, 5) is 21.4. The molecule has 1 saturated heterocycles. The van der Waals surface area contributed by atoms with E-state index in [9.17, 15) is 9.18 Å². The predicted molar refractivity (Wildman–Crippen MR) is 73.4 cm³/mol. The molecule has 1 aromatic heterocycles. The van der Waals surface area contributed by atoms with Gasteiger partial charge >= 0.3 is 12.0 Å². The van der Waals surface area contributed by atoms with E-state index < -0.39 is 5.82 Å². The standard InChI is InChI=1S/C14H19FN4O2/c15-10-7-16-13(17-8-10)21-12-5-6-19(9-12)14(20)18-11-3-1-2-4-11/h7-8,11-12H,1-6,9H2,(H,18,20). The number of hydrogen-bond donors (Lipinski definition) is 1. The lowest BCUT2D eigenvalue weighted by Crippen LogP contribution is -2.43. The second-order valence-corrected chi connectivity index (χ2v) is 5.59. The van der Waals surface area contributed by atoms with Gasteiger partial charge in [-0.3, -0.25) is 0 Å². The van der Waals surface area contributed by atoms with Crippen LogP contribution in [0.15, 0.2) is 12.4 Å². The number of urea groups is 1. The van der Waals surface area contributed by atoms with Crippen molar-refractivity contribution in [2.24, 2.45) is 0 Å². The van der Waals surface area contributed by atoms with E-state index in [2.05, 4.69) is 15.3 Å². The number of carbonyl (C=O) groups excluding carboxylic acids is 1. The van der Waals surface area contributed by atoms with Crippen LogP contribution in [-0.2, 0) is 0 Å². The molecule has 2 fully saturated rings. The first kappa shape index (κ1) is 14.0. The first-order valence-electron chi connectivity index (χ1n) is 7.40. The van der Waals surface area contributed by atoms with Gasteiger partial charge in [0.2, 0.25) is 0 Å². The zero-order valence-electron chi connectivity index (χ0n) is 11.8. The largest absolute Gasteiger partial charge is 0.458 e. The molecule has 0 aromatic carbocycles. The second kappa shape index (κ2) is 6.24. The van der Waals surface area contributed by atoms with E-state index >= 15 is 0 Å². The van der Waals surface area contributed by atoms with E-state index in [4.69, 9.17) is 4.74 Å². The van der Waals surface area contributed by atoms with Gasteiger partial charge in [-0.2, -0.15) is 0 Å². The van der Waals surface area contributed by atoms with Gasteiger partial charge < -0.3 is 15.0 Å². The van der Waals surface area contributed by atoms with Crippen LogP contribution in [0.25, 0.3) is 0 Å². The van der Waals surface area contributed by atoms with Crippen LogP contribution >= 0.6 is 0 Å². The molecule has 114 valence electrons. The Labute approximate surface area is 122 Å². The minimum atomic E-state index is -0.494. The number of ether oxygens (including phenoxy) is 1. The van der Waals surface area contributed by atoms with Crippen molar-refractivity contribution in [3.63, 3.8) is 0 Å². The van der Waals surface area contributed by atoms with Crippen molar-refractivity contribution in [2.45, 2.75) is 44.2 Å². The Hall–Kier alpha value is -1.92. The number of halogens is 1. The van der Waals surface area contributed by atoms with Crippen LogP contribution < -0.4 is 10.1 Å². The van der Waals surface area contributed by atoms with Crippen molar-refractivity contribution >= 4 is 6.03 Å². The summed E-state index contributed by atoms with van der Waals surface area (Å²) >= 11 is 0. The maximum atomic E-state index is 12.7. The first-order chi connectivity index (χ1) is 10.2. The number of carbonyl (C=O) groups is 1. The summed E-state index contributed by atoms with van der Waals surface area (Å²) in [6.07, 6.45) is 7.27. The molecule has 6 nitrogen and oxygen atoms in total. The van der Waals surface area contributed by atoms with E-state index in [0.717, 1.165) is 31.7 Å². The van der Waals surface area contributed by atoms with Crippen molar-refractivity contribution in [3.8, 4) is 6.01 Å². The molecule has 2 heterocycles. The highest BCUT2D eigenvalue weighted by atomic mass is 19.1. The van der Waals surface area contributed by atoms with E-state index in [0.29, 0.717) is 19.1 Å². The van der Waals surface area contributed by atoms with Crippen LogP contribution in [0.3, 0.4) is 0 Å². The average Bonchev–Trinajstić information content (AvgIpc) is 3.13. The summed E-state index contributed by atoms with van der Waals surface area (Å²) in [5, 5.41) is 3.06. The summed E-state index contributed by atoms with van der Waals surface area (Å²) in [5.41, 5.74) is 0. The number of amides is 2. The number of nitrogens with one attached hydrogen (secondary N) is 1.